The molecule has 1 aliphatic carbocycles. The van der Waals surface area contributed by atoms with E-state index >= 15 is 0 Å². The zero-order valence-electron chi connectivity index (χ0n) is 16.7. The van der Waals surface area contributed by atoms with Crippen LogP contribution < -0.4 is 10.9 Å². The molecule has 150 valence electrons. The molecule has 6 heteroatoms. The molecule has 0 unspecified atom stereocenters. The van der Waals surface area contributed by atoms with Crippen LogP contribution in [0, 0.1) is 12.8 Å². The summed E-state index contributed by atoms with van der Waals surface area (Å²) in [7, 11) is 0. The van der Waals surface area contributed by atoms with Crippen LogP contribution in [0.4, 0.5) is 5.69 Å². The van der Waals surface area contributed by atoms with Crippen molar-refractivity contribution in [1.82, 2.24) is 14.5 Å². The van der Waals surface area contributed by atoms with Gasteiger partial charge in [0.2, 0.25) is 5.91 Å². The molecule has 0 spiro atoms. The normalized spacial score (nSPS) is 14.8. The van der Waals surface area contributed by atoms with E-state index in [2.05, 4.69) is 15.3 Å². The lowest BCUT2D eigenvalue weighted by atomic mass is 9.86. The molecule has 0 radical (unpaired) electrons. The molecule has 4 rings (SSSR count). The van der Waals surface area contributed by atoms with Gasteiger partial charge in [-0.05, 0) is 49.6 Å². The number of anilines is 1. The molecule has 1 aliphatic rings. The fraction of sp³-hybridized carbons (Fsp3) is 0.391. The number of hydrogen-bond acceptors (Lipinski definition) is 4. The van der Waals surface area contributed by atoms with Gasteiger partial charge >= 0.3 is 0 Å². The number of carbonyl (C=O) groups excluding carboxylic acids is 1. The molecule has 1 aromatic carbocycles. The molecule has 6 nitrogen and oxygen atoms in total. The second-order valence-electron chi connectivity index (χ2n) is 7.82. The topological polar surface area (TPSA) is 76.9 Å². The Kier molecular flexibility index (Phi) is 5.69. The first-order valence-electron chi connectivity index (χ1n) is 10.4. The van der Waals surface area contributed by atoms with Gasteiger partial charge in [0.1, 0.15) is 5.82 Å². The van der Waals surface area contributed by atoms with Crippen molar-refractivity contribution < 1.29 is 4.79 Å². The van der Waals surface area contributed by atoms with E-state index in [4.69, 9.17) is 0 Å². The van der Waals surface area contributed by atoms with Crippen LogP contribution in [0.3, 0.4) is 0 Å². The number of benzene rings is 1. The summed E-state index contributed by atoms with van der Waals surface area (Å²) in [6.45, 7) is 1.78. The van der Waals surface area contributed by atoms with Crippen LogP contribution in [0.25, 0.3) is 16.7 Å². The molecule has 2 aromatic heterocycles. The van der Waals surface area contributed by atoms with E-state index in [9.17, 15) is 9.59 Å². The Hall–Kier alpha value is -3.02. The van der Waals surface area contributed by atoms with Crippen molar-refractivity contribution in [3.8, 4) is 5.69 Å². The number of rotatable bonds is 5. The molecular weight excluding hydrogens is 364 g/mol. The smallest absolute Gasteiger partial charge is 0.267 e. The number of nitrogens with one attached hydrogen (secondary N) is 1. The number of pyridine rings is 1. The van der Waals surface area contributed by atoms with Crippen molar-refractivity contribution in [3.63, 3.8) is 0 Å². The summed E-state index contributed by atoms with van der Waals surface area (Å²) < 4.78 is 1.56. The first-order valence-corrected chi connectivity index (χ1v) is 10.4. The van der Waals surface area contributed by atoms with Crippen molar-refractivity contribution in [2.75, 3.05) is 5.32 Å². The number of aromatic nitrogens is 3. The highest BCUT2D eigenvalue weighted by Gasteiger charge is 2.15. The maximum atomic E-state index is 13.0. The monoisotopic (exact) mass is 390 g/mol. The molecule has 0 bridgehead atoms. The van der Waals surface area contributed by atoms with E-state index in [-0.39, 0.29) is 11.5 Å². The first-order chi connectivity index (χ1) is 14.1. The SMILES string of the molecule is Cc1nc2ncccc2c(=O)n1-c1cccc(NC(=O)CCC2CCCCC2)c1. The van der Waals surface area contributed by atoms with Crippen molar-refractivity contribution in [3.05, 3.63) is 58.8 Å². The number of aryl methyl sites for hydroxylation is 1. The van der Waals surface area contributed by atoms with Gasteiger partial charge in [-0.25, -0.2) is 9.97 Å². The van der Waals surface area contributed by atoms with E-state index in [0.29, 0.717) is 40.6 Å². The zero-order chi connectivity index (χ0) is 20.2. The lowest BCUT2D eigenvalue weighted by molar-refractivity contribution is -0.116. The summed E-state index contributed by atoms with van der Waals surface area (Å²) in [6, 6.07) is 10.8. The van der Waals surface area contributed by atoms with E-state index < -0.39 is 0 Å². The van der Waals surface area contributed by atoms with Gasteiger partial charge in [-0.1, -0.05) is 38.2 Å². The minimum Gasteiger partial charge on any atom is -0.326 e. The Bertz CT molecular complexity index is 1080. The molecule has 0 aliphatic heterocycles. The van der Waals surface area contributed by atoms with Gasteiger partial charge in [0.05, 0.1) is 11.1 Å². The summed E-state index contributed by atoms with van der Waals surface area (Å²) >= 11 is 0. The Morgan fingerprint density at radius 3 is 2.83 bits per heavy atom. The molecule has 3 aromatic rings. The van der Waals surface area contributed by atoms with E-state index in [1.807, 2.05) is 24.3 Å². The van der Waals surface area contributed by atoms with Crippen LogP contribution in [-0.4, -0.2) is 20.4 Å². The quantitative estimate of drug-likeness (QED) is 0.701. The van der Waals surface area contributed by atoms with Gasteiger partial charge in [-0.3, -0.25) is 14.2 Å². The third-order valence-electron chi connectivity index (χ3n) is 5.70. The average Bonchev–Trinajstić information content (AvgIpc) is 2.73. The summed E-state index contributed by atoms with van der Waals surface area (Å²) in [5.41, 5.74) is 1.64. The number of hydrogen-bond donors (Lipinski definition) is 1. The fourth-order valence-corrected chi connectivity index (χ4v) is 4.19. The van der Waals surface area contributed by atoms with E-state index in [1.54, 1.807) is 29.8 Å². The minimum absolute atomic E-state index is 0.0256. The number of fused-ring (bicyclic) bond motifs is 1. The molecule has 29 heavy (non-hydrogen) atoms. The fourth-order valence-electron chi connectivity index (χ4n) is 4.19. The Morgan fingerprint density at radius 1 is 1.17 bits per heavy atom. The van der Waals surface area contributed by atoms with Crippen LogP contribution in [-0.2, 0) is 4.79 Å². The highest BCUT2D eigenvalue weighted by Crippen LogP contribution is 2.27. The Morgan fingerprint density at radius 2 is 2.00 bits per heavy atom. The molecule has 0 atom stereocenters. The number of carbonyl (C=O) groups is 1. The second kappa shape index (κ2) is 8.55. The van der Waals surface area contributed by atoms with Gasteiger partial charge in [-0.2, -0.15) is 0 Å². The van der Waals surface area contributed by atoms with Crippen LogP contribution in [0.1, 0.15) is 50.8 Å². The summed E-state index contributed by atoms with van der Waals surface area (Å²) in [5, 5.41) is 3.45. The zero-order valence-corrected chi connectivity index (χ0v) is 16.7. The maximum absolute atomic E-state index is 13.0. The third-order valence-corrected chi connectivity index (χ3v) is 5.70. The largest absolute Gasteiger partial charge is 0.326 e. The Balaban J connectivity index is 1.52. The Labute approximate surface area is 170 Å². The predicted octanol–water partition coefficient (Wildman–Crippen LogP) is 4.39. The van der Waals surface area contributed by atoms with Crippen molar-refractivity contribution in [2.45, 2.75) is 51.9 Å². The number of nitrogens with zero attached hydrogens (tertiary/aromatic N) is 3. The summed E-state index contributed by atoms with van der Waals surface area (Å²) in [4.78, 5) is 34.0. The molecule has 1 N–H and O–H groups in total. The summed E-state index contributed by atoms with van der Waals surface area (Å²) in [5.74, 6) is 1.26. The molecular formula is C23H26N4O2. The van der Waals surface area contributed by atoms with Crippen molar-refractivity contribution in [2.24, 2.45) is 5.92 Å². The highest BCUT2D eigenvalue weighted by atomic mass is 16.1. The standard InChI is InChI=1S/C23H26N4O2/c1-16-25-22-20(11-6-14-24-22)23(29)27(16)19-10-5-9-18(15-19)26-21(28)13-12-17-7-3-2-4-8-17/h5-6,9-11,14-15,17H,2-4,7-8,12-13H2,1H3,(H,26,28). The second-order valence-corrected chi connectivity index (χ2v) is 7.82. The molecule has 0 saturated heterocycles. The highest BCUT2D eigenvalue weighted by molar-refractivity contribution is 5.91. The maximum Gasteiger partial charge on any atom is 0.267 e. The van der Waals surface area contributed by atoms with Crippen molar-refractivity contribution >= 4 is 22.6 Å². The lowest BCUT2D eigenvalue weighted by Gasteiger charge is -2.21. The molecule has 1 amide bonds. The predicted molar refractivity (Wildman–Crippen MR) is 114 cm³/mol. The molecule has 2 heterocycles. The minimum atomic E-state index is -0.165. The van der Waals surface area contributed by atoms with Crippen LogP contribution in [0.2, 0.25) is 0 Å². The first kappa shape index (κ1) is 19.3. The molecule has 1 saturated carbocycles. The van der Waals surface area contributed by atoms with Crippen LogP contribution >= 0.6 is 0 Å². The van der Waals surface area contributed by atoms with Gasteiger partial charge in [-0.15, -0.1) is 0 Å². The van der Waals surface area contributed by atoms with Gasteiger partial charge in [0.15, 0.2) is 5.65 Å². The van der Waals surface area contributed by atoms with Crippen LogP contribution in [0.5, 0.6) is 0 Å². The van der Waals surface area contributed by atoms with Crippen LogP contribution in [0.15, 0.2) is 47.4 Å². The van der Waals surface area contributed by atoms with Gasteiger partial charge in [0.25, 0.3) is 5.56 Å². The van der Waals surface area contributed by atoms with Crippen molar-refractivity contribution in [1.29, 1.82) is 0 Å². The number of amides is 1. The van der Waals surface area contributed by atoms with E-state index in [1.165, 1.54) is 32.1 Å². The van der Waals surface area contributed by atoms with E-state index in [0.717, 1.165) is 6.42 Å². The van der Waals surface area contributed by atoms with Gasteiger partial charge in [0, 0.05) is 18.3 Å². The van der Waals surface area contributed by atoms with Gasteiger partial charge < -0.3 is 5.32 Å². The lowest BCUT2D eigenvalue weighted by Crippen LogP contribution is -2.23. The summed E-state index contributed by atoms with van der Waals surface area (Å²) in [6.07, 6.45) is 9.51. The molecule has 1 fully saturated rings. The third kappa shape index (κ3) is 4.36. The average molecular weight is 390 g/mol.